The molecule has 1 aliphatic heterocycles. The number of nitrogens with one attached hydrogen (secondary N) is 1. The number of benzene rings is 1. The van der Waals surface area contributed by atoms with E-state index in [1.165, 1.54) is 6.07 Å². The third-order valence-electron chi connectivity index (χ3n) is 3.16. The number of nitrogens with zero attached hydrogens (tertiary/aromatic N) is 1. The highest BCUT2D eigenvalue weighted by Gasteiger charge is 2.25. The standard InChI is InChI=1S/C14H18F2N2O2/c1-9-6-18(7-10(2)17-9)14(19)8-20-13-4-3-11(15)5-12(13)16/h3-5,9-10,17H,6-8H2,1-2H3/t9-,10-/m1/s1. The number of ether oxygens (including phenoxy) is 1. The predicted octanol–water partition coefficient (Wildman–Crippen LogP) is 1.55. The second-order valence-corrected chi connectivity index (χ2v) is 5.13. The lowest BCUT2D eigenvalue weighted by Gasteiger charge is -2.36. The van der Waals surface area contributed by atoms with Crippen LogP contribution in [0.5, 0.6) is 5.75 Å². The number of hydrogen-bond donors (Lipinski definition) is 1. The van der Waals surface area contributed by atoms with Gasteiger partial charge in [-0.3, -0.25) is 4.79 Å². The third-order valence-corrected chi connectivity index (χ3v) is 3.16. The molecule has 20 heavy (non-hydrogen) atoms. The molecule has 110 valence electrons. The fourth-order valence-corrected chi connectivity index (χ4v) is 2.35. The van der Waals surface area contributed by atoms with Crippen molar-refractivity contribution in [2.75, 3.05) is 19.7 Å². The molecule has 0 aromatic heterocycles. The molecular formula is C14H18F2N2O2. The van der Waals surface area contributed by atoms with E-state index in [1.54, 1.807) is 4.90 Å². The zero-order valence-corrected chi connectivity index (χ0v) is 11.5. The fourth-order valence-electron chi connectivity index (χ4n) is 2.35. The lowest BCUT2D eigenvalue weighted by molar-refractivity contribution is -0.135. The molecule has 0 unspecified atom stereocenters. The van der Waals surface area contributed by atoms with Crippen LogP contribution in [0.25, 0.3) is 0 Å². The number of rotatable bonds is 3. The number of carbonyl (C=O) groups is 1. The van der Waals surface area contributed by atoms with Gasteiger partial charge in [-0.2, -0.15) is 0 Å². The molecule has 4 nitrogen and oxygen atoms in total. The molecule has 1 saturated heterocycles. The molecule has 0 radical (unpaired) electrons. The second-order valence-electron chi connectivity index (χ2n) is 5.13. The van der Waals surface area contributed by atoms with E-state index in [2.05, 4.69) is 5.32 Å². The van der Waals surface area contributed by atoms with Gasteiger partial charge in [-0.25, -0.2) is 8.78 Å². The second kappa shape index (κ2) is 6.17. The highest BCUT2D eigenvalue weighted by Crippen LogP contribution is 2.17. The van der Waals surface area contributed by atoms with Crippen molar-refractivity contribution in [2.24, 2.45) is 0 Å². The maximum atomic E-state index is 13.4. The van der Waals surface area contributed by atoms with Crippen LogP contribution in [0.4, 0.5) is 8.78 Å². The highest BCUT2D eigenvalue weighted by molar-refractivity contribution is 5.78. The van der Waals surface area contributed by atoms with Gasteiger partial charge in [0, 0.05) is 31.2 Å². The SMILES string of the molecule is C[C@@H]1CN(C(=O)COc2ccc(F)cc2F)C[C@@H](C)N1. The molecule has 2 atom stereocenters. The summed E-state index contributed by atoms with van der Waals surface area (Å²) >= 11 is 0. The van der Waals surface area contributed by atoms with Crippen LogP contribution in [0.15, 0.2) is 18.2 Å². The average molecular weight is 284 g/mol. The van der Waals surface area contributed by atoms with Gasteiger partial charge in [0.1, 0.15) is 5.82 Å². The van der Waals surface area contributed by atoms with E-state index in [-0.39, 0.29) is 30.3 Å². The molecule has 1 aliphatic rings. The number of hydrogen-bond acceptors (Lipinski definition) is 3. The first kappa shape index (κ1) is 14.7. The number of carbonyl (C=O) groups excluding carboxylic acids is 1. The van der Waals surface area contributed by atoms with E-state index in [4.69, 9.17) is 4.74 Å². The smallest absolute Gasteiger partial charge is 0.260 e. The lowest BCUT2D eigenvalue weighted by atomic mass is 10.1. The molecule has 1 fully saturated rings. The quantitative estimate of drug-likeness (QED) is 0.915. The average Bonchev–Trinajstić information content (AvgIpc) is 2.36. The van der Waals surface area contributed by atoms with Crippen LogP contribution in [-0.2, 0) is 4.79 Å². The Morgan fingerprint density at radius 1 is 1.35 bits per heavy atom. The highest BCUT2D eigenvalue weighted by atomic mass is 19.1. The zero-order chi connectivity index (χ0) is 14.7. The van der Waals surface area contributed by atoms with Gasteiger partial charge in [-0.15, -0.1) is 0 Å². The molecule has 6 heteroatoms. The Kier molecular flexibility index (Phi) is 4.54. The molecule has 1 N–H and O–H groups in total. The molecule has 1 amide bonds. The molecule has 0 saturated carbocycles. The van der Waals surface area contributed by atoms with Crippen LogP contribution in [0, 0.1) is 11.6 Å². The summed E-state index contributed by atoms with van der Waals surface area (Å²) in [5, 5.41) is 3.32. The predicted molar refractivity (Wildman–Crippen MR) is 70.5 cm³/mol. The summed E-state index contributed by atoms with van der Waals surface area (Å²) in [6.45, 7) is 4.94. The van der Waals surface area contributed by atoms with Crippen molar-refractivity contribution >= 4 is 5.91 Å². The van der Waals surface area contributed by atoms with Crippen molar-refractivity contribution < 1.29 is 18.3 Å². The van der Waals surface area contributed by atoms with Crippen molar-refractivity contribution in [3.05, 3.63) is 29.8 Å². The van der Waals surface area contributed by atoms with Gasteiger partial charge in [0.25, 0.3) is 5.91 Å². The summed E-state index contributed by atoms with van der Waals surface area (Å²) in [4.78, 5) is 13.7. The van der Waals surface area contributed by atoms with Gasteiger partial charge >= 0.3 is 0 Å². The summed E-state index contributed by atoms with van der Waals surface area (Å²) in [5.41, 5.74) is 0. The zero-order valence-electron chi connectivity index (χ0n) is 11.5. The molecule has 1 aromatic rings. The number of piperazine rings is 1. The van der Waals surface area contributed by atoms with E-state index in [9.17, 15) is 13.6 Å². The van der Waals surface area contributed by atoms with Crippen molar-refractivity contribution in [1.29, 1.82) is 0 Å². The van der Waals surface area contributed by atoms with Crippen LogP contribution in [0.2, 0.25) is 0 Å². The lowest BCUT2D eigenvalue weighted by Crippen LogP contribution is -2.56. The van der Waals surface area contributed by atoms with Crippen LogP contribution in [0.3, 0.4) is 0 Å². The molecular weight excluding hydrogens is 266 g/mol. The van der Waals surface area contributed by atoms with E-state index in [1.807, 2.05) is 13.8 Å². The third kappa shape index (κ3) is 3.66. The molecule has 1 aromatic carbocycles. The fraction of sp³-hybridized carbons (Fsp3) is 0.500. The molecule has 0 aliphatic carbocycles. The summed E-state index contributed by atoms with van der Waals surface area (Å²) in [5.74, 6) is -1.80. The number of amides is 1. The van der Waals surface area contributed by atoms with Gasteiger partial charge < -0.3 is 15.0 Å². The Labute approximate surface area is 116 Å². The number of halogens is 2. The summed E-state index contributed by atoms with van der Waals surface area (Å²) in [6, 6.07) is 3.43. The Morgan fingerprint density at radius 3 is 2.60 bits per heavy atom. The normalized spacial score (nSPS) is 22.7. The van der Waals surface area contributed by atoms with Gasteiger partial charge in [-0.1, -0.05) is 0 Å². The maximum absolute atomic E-state index is 13.4. The maximum Gasteiger partial charge on any atom is 0.260 e. The molecule has 2 rings (SSSR count). The van der Waals surface area contributed by atoms with E-state index < -0.39 is 11.6 Å². The minimum absolute atomic E-state index is 0.115. The Morgan fingerprint density at radius 2 is 2.00 bits per heavy atom. The van der Waals surface area contributed by atoms with E-state index in [0.717, 1.165) is 12.1 Å². The van der Waals surface area contributed by atoms with Crippen molar-refractivity contribution in [2.45, 2.75) is 25.9 Å². The topological polar surface area (TPSA) is 41.6 Å². The molecule has 0 spiro atoms. The first-order valence-electron chi connectivity index (χ1n) is 6.57. The van der Waals surface area contributed by atoms with Gasteiger partial charge in [0.05, 0.1) is 0 Å². The first-order chi connectivity index (χ1) is 9.45. The summed E-state index contributed by atoms with van der Waals surface area (Å²) in [6.07, 6.45) is 0. The van der Waals surface area contributed by atoms with Crippen LogP contribution in [-0.4, -0.2) is 42.6 Å². The van der Waals surface area contributed by atoms with E-state index >= 15 is 0 Å². The van der Waals surface area contributed by atoms with E-state index in [0.29, 0.717) is 13.1 Å². The molecule has 0 bridgehead atoms. The minimum Gasteiger partial charge on any atom is -0.481 e. The Balaban J connectivity index is 1.91. The van der Waals surface area contributed by atoms with Gasteiger partial charge in [0.2, 0.25) is 0 Å². The van der Waals surface area contributed by atoms with Crippen LogP contribution < -0.4 is 10.1 Å². The van der Waals surface area contributed by atoms with Crippen molar-refractivity contribution in [3.8, 4) is 5.75 Å². The van der Waals surface area contributed by atoms with Crippen LogP contribution >= 0.6 is 0 Å². The van der Waals surface area contributed by atoms with Gasteiger partial charge in [-0.05, 0) is 26.0 Å². The van der Waals surface area contributed by atoms with Crippen molar-refractivity contribution in [1.82, 2.24) is 10.2 Å². The minimum atomic E-state index is -0.806. The van der Waals surface area contributed by atoms with Crippen LogP contribution in [0.1, 0.15) is 13.8 Å². The Bertz CT molecular complexity index is 486. The first-order valence-corrected chi connectivity index (χ1v) is 6.57. The summed E-state index contributed by atoms with van der Waals surface area (Å²) in [7, 11) is 0. The van der Waals surface area contributed by atoms with Crippen molar-refractivity contribution in [3.63, 3.8) is 0 Å². The molecule has 1 heterocycles. The summed E-state index contributed by atoms with van der Waals surface area (Å²) < 4.78 is 31.2. The largest absolute Gasteiger partial charge is 0.481 e. The Hall–Kier alpha value is -1.69. The van der Waals surface area contributed by atoms with Gasteiger partial charge in [0.15, 0.2) is 18.2 Å². The monoisotopic (exact) mass is 284 g/mol.